The molecule has 0 aromatic heterocycles. The number of aliphatic carboxylic acids is 2. The summed E-state index contributed by atoms with van der Waals surface area (Å²) in [5, 5.41) is 14.8. The van der Waals surface area contributed by atoms with Crippen molar-refractivity contribution in [1.82, 2.24) is 0 Å². The fourth-order valence-corrected chi connectivity index (χ4v) is 0.245. The smallest absolute Gasteiger partial charge is 0.307 e. The summed E-state index contributed by atoms with van der Waals surface area (Å²) in [5.41, 5.74) is 0. The van der Waals surface area contributed by atoms with E-state index in [0.717, 1.165) is 13.8 Å². The zero-order chi connectivity index (χ0) is 13.0. The third-order valence-electron chi connectivity index (χ3n) is 0.318. The van der Waals surface area contributed by atoms with Crippen LogP contribution in [0.2, 0.25) is 0 Å². The molecule has 6 nitrogen and oxygen atoms in total. The first-order valence-electron chi connectivity index (χ1n) is 3.82. The maximum Gasteiger partial charge on any atom is 0.307 e. The van der Waals surface area contributed by atoms with Crippen molar-refractivity contribution in [3.8, 4) is 0 Å². The molecule has 0 saturated heterocycles. The van der Waals surface area contributed by atoms with E-state index in [2.05, 4.69) is 11.3 Å². The molecule has 0 fully saturated rings. The number of carboxylic acids is 2. The van der Waals surface area contributed by atoms with Crippen LogP contribution in [0, 0.1) is 0 Å². The number of carboxylic acid groups (broad SMARTS) is 2. The summed E-state index contributed by atoms with van der Waals surface area (Å²) >= 11 is 0. The highest BCUT2D eigenvalue weighted by atomic mass is 28.1. The molecule has 0 radical (unpaired) electrons. The van der Waals surface area contributed by atoms with Gasteiger partial charge in [-0.25, -0.2) is 0 Å². The summed E-state index contributed by atoms with van der Waals surface area (Å²) < 4.78 is 4.42. The lowest BCUT2D eigenvalue weighted by molar-refractivity contribution is -0.137. The Morgan fingerprint density at radius 2 is 1.12 bits per heavy atom. The van der Waals surface area contributed by atoms with Crippen LogP contribution in [0.1, 0.15) is 27.7 Å². The van der Waals surface area contributed by atoms with Gasteiger partial charge in [0.25, 0.3) is 11.9 Å². The van der Waals surface area contributed by atoms with E-state index in [0.29, 0.717) is 5.76 Å². The van der Waals surface area contributed by atoms with Crippen LogP contribution in [0.3, 0.4) is 0 Å². The lowest BCUT2D eigenvalue weighted by Gasteiger charge is -1.93. The van der Waals surface area contributed by atoms with Crippen LogP contribution in [0.5, 0.6) is 0 Å². The zero-order valence-corrected chi connectivity index (χ0v) is 9.23. The number of hydrogen-bond donors (Lipinski definition) is 2. The summed E-state index contributed by atoms with van der Waals surface area (Å²) in [5.74, 6) is -1.54. The molecule has 0 saturated carbocycles. The molecule has 0 amide bonds. The number of allylic oxidation sites excluding steroid dienone is 1. The largest absolute Gasteiger partial charge is 0.481 e. The third kappa shape index (κ3) is 285. The van der Waals surface area contributed by atoms with Crippen LogP contribution in [-0.2, 0) is 19.1 Å². The number of esters is 1. The topological polar surface area (TPSA) is 101 Å². The average molecular weight is 252 g/mol. The lowest BCUT2D eigenvalue weighted by atomic mass is 10.6. The van der Waals surface area contributed by atoms with Gasteiger partial charge >= 0.3 is 5.97 Å². The van der Waals surface area contributed by atoms with Crippen molar-refractivity contribution in [2.45, 2.75) is 27.7 Å². The lowest BCUT2D eigenvalue weighted by Crippen LogP contribution is -1.93. The zero-order valence-electron chi connectivity index (χ0n) is 9.23. The highest BCUT2D eigenvalue weighted by Gasteiger charge is 1.87. The van der Waals surface area contributed by atoms with Crippen molar-refractivity contribution in [2.75, 3.05) is 0 Å². The molecule has 0 bridgehead atoms. The van der Waals surface area contributed by atoms with Crippen LogP contribution in [-0.4, -0.2) is 39.1 Å². The molecular weight excluding hydrogens is 232 g/mol. The number of carbonyl (C=O) groups is 3. The molecular formula is C9H20O6Si. The van der Waals surface area contributed by atoms with E-state index in [9.17, 15) is 4.79 Å². The van der Waals surface area contributed by atoms with Crippen LogP contribution >= 0.6 is 0 Å². The fourth-order valence-electron chi connectivity index (χ4n) is 0.245. The maximum absolute atomic E-state index is 9.97. The first kappa shape index (κ1) is 23.9. The average Bonchev–Trinajstić information content (AvgIpc) is 1.78. The van der Waals surface area contributed by atoms with Crippen molar-refractivity contribution >= 4 is 28.9 Å². The number of hydrogen-bond acceptors (Lipinski definition) is 4. The van der Waals surface area contributed by atoms with Gasteiger partial charge in [-0.05, 0) is 17.9 Å². The van der Waals surface area contributed by atoms with E-state index in [1.165, 1.54) is 6.92 Å². The van der Waals surface area contributed by atoms with Gasteiger partial charge in [-0.2, -0.15) is 0 Å². The Morgan fingerprint density at radius 3 is 1.12 bits per heavy atom. The Morgan fingerprint density at radius 1 is 0.938 bits per heavy atom. The highest BCUT2D eigenvalue weighted by molar-refractivity contribution is 5.75. The van der Waals surface area contributed by atoms with Crippen molar-refractivity contribution in [2.24, 2.45) is 0 Å². The van der Waals surface area contributed by atoms with Crippen LogP contribution in [0.25, 0.3) is 0 Å². The summed E-state index contributed by atoms with van der Waals surface area (Å²) in [6, 6.07) is 0. The molecule has 0 heterocycles. The van der Waals surface area contributed by atoms with E-state index in [1.54, 1.807) is 6.92 Å². The van der Waals surface area contributed by atoms with Gasteiger partial charge in [-0.15, -0.1) is 0 Å². The standard InChI is InChI=1S/C5H8O2.2C2H4O2.H4Si/c1-4(2)7-5(3)6;2*1-2(3)4;/h1H2,2-3H3;2*1H3,(H,3,4);1H4. The summed E-state index contributed by atoms with van der Waals surface area (Å²) in [7, 11) is 0. The Kier molecular flexibility index (Phi) is 23.6. The van der Waals surface area contributed by atoms with Crippen LogP contribution < -0.4 is 0 Å². The van der Waals surface area contributed by atoms with Gasteiger partial charge in [0, 0.05) is 20.8 Å². The number of rotatable bonds is 1. The van der Waals surface area contributed by atoms with Crippen molar-refractivity contribution < 1.29 is 29.3 Å². The molecule has 7 heteroatoms. The van der Waals surface area contributed by atoms with Gasteiger partial charge < -0.3 is 14.9 Å². The normalized spacial score (nSPS) is 6.50. The number of carbonyl (C=O) groups excluding carboxylic acids is 1. The number of ether oxygens (including phenoxy) is 1. The fraction of sp³-hybridized carbons (Fsp3) is 0.444. The molecule has 16 heavy (non-hydrogen) atoms. The molecule has 0 aromatic rings. The second-order valence-corrected chi connectivity index (χ2v) is 2.33. The SMILES string of the molecule is C=C(C)OC(C)=O.CC(=O)O.CC(=O)O.[SiH4]. The van der Waals surface area contributed by atoms with E-state index < -0.39 is 11.9 Å². The first-order valence-corrected chi connectivity index (χ1v) is 3.82. The Balaban J connectivity index is -0.0000000700. The van der Waals surface area contributed by atoms with Crippen molar-refractivity contribution in [1.29, 1.82) is 0 Å². The third-order valence-corrected chi connectivity index (χ3v) is 0.318. The van der Waals surface area contributed by atoms with Gasteiger partial charge in [-0.3, -0.25) is 14.4 Å². The second kappa shape index (κ2) is 15.8. The van der Waals surface area contributed by atoms with Crippen LogP contribution in [0.15, 0.2) is 12.3 Å². The van der Waals surface area contributed by atoms with Gasteiger partial charge in [0.1, 0.15) is 0 Å². The molecule has 0 spiro atoms. The van der Waals surface area contributed by atoms with E-state index >= 15 is 0 Å². The monoisotopic (exact) mass is 252 g/mol. The highest BCUT2D eigenvalue weighted by Crippen LogP contribution is 1.87. The minimum Gasteiger partial charge on any atom is -0.481 e. The van der Waals surface area contributed by atoms with Gasteiger partial charge in [0.2, 0.25) is 0 Å². The molecule has 0 aliphatic rings. The quantitative estimate of drug-likeness (QED) is 0.381. The Bertz CT molecular complexity index is 204. The molecule has 2 N–H and O–H groups in total. The predicted octanol–water partition coefficient (Wildman–Crippen LogP) is -0.187. The minimum absolute atomic E-state index is 0. The van der Waals surface area contributed by atoms with Gasteiger partial charge in [-0.1, -0.05) is 6.58 Å². The van der Waals surface area contributed by atoms with Crippen LogP contribution in [0.4, 0.5) is 0 Å². The molecule has 96 valence electrons. The van der Waals surface area contributed by atoms with E-state index in [1.807, 2.05) is 0 Å². The molecule has 0 aliphatic heterocycles. The summed E-state index contributed by atoms with van der Waals surface area (Å²) in [6.45, 7) is 8.49. The molecule has 0 aromatic carbocycles. The molecule has 0 atom stereocenters. The van der Waals surface area contributed by atoms with Gasteiger partial charge in [0.15, 0.2) is 0 Å². The summed E-state index contributed by atoms with van der Waals surface area (Å²) in [4.78, 5) is 28.0. The maximum atomic E-state index is 9.97. The second-order valence-electron chi connectivity index (χ2n) is 2.33. The van der Waals surface area contributed by atoms with E-state index in [-0.39, 0.29) is 16.9 Å². The van der Waals surface area contributed by atoms with Crippen molar-refractivity contribution in [3.05, 3.63) is 12.3 Å². The predicted molar refractivity (Wildman–Crippen MR) is 64.5 cm³/mol. The minimum atomic E-state index is -0.833. The Hall–Kier alpha value is -1.63. The van der Waals surface area contributed by atoms with Crippen molar-refractivity contribution in [3.63, 3.8) is 0 Å². The molecule has 0 unspecified atom stereocenters. The van der Waals surface area contributed by atoms with E-state index in [4.69, 9.17) is 19.8 Å². The molecule has 0 aliphatic carbocycles. The summed E-state index contributed by atoms with van der Waals surface area (Å²) in [6.07, 6.45) is 0. The van der Waals surface area contributed by atoms with Gasteiger partial charge in [0.05, 0.1) is 5.76 Å². The molecule has 0 rings (SSSR count). The Labute approximate surface area is 98.9 Å². The first-order chi connectivity index (χ1) is 6.59.